The number of alkyl halides is 3. The summed E-state index contributed by atoms with van der Waals surface area (Å²) < 4.78 is 39.8. The molecule has 0 atom stereocenters. The van der Waals surface area contributed by atoms with E-state index in [9.17, 15) is 22.8 Å². The van der Waals surface area contributed by atoms with E-state index in [1.807, 2.05) is 24.3 Å². The molecule has 0 radical (unpaired) electrons. The summed E-state index contributed by atoms with van der Waals surface area (Å²) in [7, 11) is 0. The molecule has 2 aromatic rings. The van der Waals surface area contributed by atoms with Gasteiger partial charge in [0.2, 0.25) is 0 Å². The standard InChI is InChI=1S/C23H22ClF3N2O3/c24-18-11-10-17-9-8-16-5-1-2-6-19(16)29(20(17)15-18)14-4-13-28-12-3-7-21(30)32-22(31)23(25,26)27/h1-3,5-7,10-11,15,28H,4,8-9,12-14H2/b7-3+. The van der Waals surface area contributed by atoms with Crippen LogP contribution >= 0.6 is 11.6 Å². The third kappa shape index (κ3) is 6.34. The molecule has 9 heteroatoms. The Morgan fingerprint density at radius 3 is 2.56 bits per heavy atom. The molecule has 1 aliphatic heterocycles. The fourth-order valence-corrected chi connectivity index (χ4v) is 3.68. The molecule has 1 aliphatic rings. The van der Waals surface area contributed by atoms with E-state index in [1.54, 1.807) is 0 Å². The molecule has 0 bridgehead atoms. The van der Waals surface area contributed by atoms with Gasteiger partial charge in [-0.15, -0.1) is 0 Å². The first-order valence-corrected chi connectivity index (χ1v) is 10.5. The lowest BCUT2D eigenvalue weighted by atomic mass is 10.0. The number of nitrogens with zero attached hydrogens (tertiary/aromatic N) is 1. The van der Waals surface area contributed by atoms with Crippen molar-refractivity contribution in [1.82, 2.24) is 5.32 Å². The maximum absolute atomic E-state index is 12.0. The van der Waals surface area contributed by atoms with Crippen LogP contribution in [0, 0.1) is 0 Å². The summed E-state index contributed by atoms with van der Waals surface area (Å²) in [6, 6.07) is 14.2. The van der Waals surface area contributed by atoms with Gasteiger partial charge in [-0.25, -0.2) is 9.59 Å². The Morgan fingerprint density at radius 1 is 1.09 bits per heavy atom. The van der Waals surface area contributed by atoms with Crippen molar-refractivity contribution in [3.05, 3.63) is 70.8 Å². The molecule has 0 unspecified atom stereocenters. The molecule has 0 spiro atoms. The monoisotopic (exact) mass is 466 g/mol. The van der Waals surface area contributed by atoms with E-state index in [-0.39, 0.29) is 6.54 Å². The van der Waals surface area contributed by atoms with E-state index < -0.39 is 18.1 Å². The van der Waals surface area contributed by atoms with Crippen LogP contribution in [0.2, 0.25) is 5.02 Å². The summed E-state index contributed by atoms with van der Waals surface area (Å²) in [6.07, 6.45) is -0.461. The number of ether oxygens (including phenoxy) is 1. The maximum Gasteiger partial charge on any atom is 0.491 e. The minimum absolute atomic E-state index is 0.244. The topological polar surface area (TPSA) is 58.6 Å². The molecule has 0 amide bonds. The maximum atomic E-state index is 12.0. The molecule has 1 heterocycles. The highest BCUT2D eigenvalue weighted by Gasteiger charge is 2.42. The summed E-state index contributed by atoms with van der Waals surface area (Å²) in [4.78, 5) is 24.1. The Hall–Kier alpha value is -2.84. The van der Waals surface area contributed by atoms with Gasteiger partial charge in [-0.3, -0.25) is 0 Å². The number of nitrogens with one attached hydrogen (secondary N) is 1. The van der Waals surface area contributed by atoms with E-state index in [1.165, 1.54) is 17.2 Å². The Labute approximate surface area is 188 Å². The van der Waals surface area contributed by atoms with E-state index in [0.717, 1.165) is 43.3 Å². The summed E-state index contributed by atoms with van der Waals surface area (Å²) in [5, 5.41) is 3.76. The second-order valence-electron chi connectivity index (χ2n) is 7.22. The Bertz CT molecular complexity index is 1010. The Morgan fingerprint density at radius 2 is 1.81 bits per heavy atom. The van der Waals surface area contributed by atoms with Gasteiger partial charge in [0.25, 0.3) is 0 Å². The van der Waals surface area contributed by atoms with E-state index in [4.69, 9.17) is 11.6 Å². The molecule has 2 aromatic carbocycles. The number of halogens is 4. The Kier molecular flexibility index (Phi) is 7.93. The Balaban J connectivity index is 1.53. The zero-order valence-corrected chi connectivity index (χ0v) is 17.9. The predicted molar refractivity (Wildman–Crippen MR) is 116 cm³/mol. The second kappa shape index (κ2) is 10.7. The first-order chi connectivity index (χ1) is 15.3. The highest BCUT2D eigenvalue weighted by atomic mass is 35.5. The third-order valence-electron chi connectivity index (χ3n) is 4.96. The van der Waals surface area contributed by atoms with Gasteiger partial charge in [0.05, 0.1) is 0 Å². The zero-order chi connectivity index (χ0) is 23.1. The molecule has 0 saturated carbocycles. The smallest absolute Gasteiger partial charge is 0.383 e. The van der Waals surface area contributed by atoms with Crippen molar-refractivity contribution < 1.29 is 27.5 Å². The van der Waals surface area contributed by atoms with Crippen LogP contribution in [0.5, 0.6) is 0 Å². The average Bonchev–Trinajstić information content (AvgIpc) is 2.89. The number of rotatable bonds is 7. The molecular formula is C23H22ClF3N2O3. The van der Waals surface area contributed by atoms with Gasteiger partial charge in [0, 0.05) is 35.6 Å². The van der Waals surface area contributed by atoms with Crippen LogP contribution in [0.25, 0.3) is 0 Å². The van der Waals surface area contributed by atoms with Crippen LogP contribution in [0.1, 0.15) is 17.5 Å². The van der Waals surface area contributed by atoms with Crippen molar-refractivity contribution >= 4 is 34.9 Å². The van der Waals surface area contributed by atoms with E-state index in [0.29, 0.717) is 11.6 Å². The van der Waals surface area contributed by atoms with Crippen LogP contribution < -0.4 is 10.2 Å². The van der Waals surface area contributed by atoms with Crippen molar-refractivity contribution in [3.8, 4) is 0 Å². The molecule has 5 nitrogen and oxygen atoms in total. The molecule has 0 aliphatic carbocycles. The van der Waals surface area contributed by atoms with Crippen LogP contribution in [0.4, 0.5) is 24.5 Å². The second-order valence-corrected chi connectivity index (χ2v) is 7.66. The normalized spacial score (nSPS) is 13.4. The average molecular weight is 467 g/mol. The number of carbonyl (C=O) groups excluding carboxylic acids is 2. The van der Waals surface area contributed by atoms with Gasteiger partial charge in [0.15, 0.2) is 0 Å². The van der Waals surface area contributed by atoms with Crippen LogP contribution in [0.3, 0.4) is 0 Å². The fourth-order valence-electron chi connectivity index (χ4n) is 3.51. The SMILES string of the molecule is O=C(/C=C/CNCCCN1c2ccccc2CCc2ccc(Cl)cc21)OC(=O)C(F)(F)F. The number of esters is 2. The summed E-state index contributed by atoms with van der Waals surface area (Å²) in [5.74, 6) is -3.89. The number of benzene rings is 2. The third-order valence-corrected chi connectivity index (χ3v) is 5.20. The first-order valence-electron chi connectivity index (χ1n) is 10.1. The molecule has 0 fully saturated rings. The van der Waals surface area contributed by atoms with E-state index >= 15 is 0 Å². The summed E-state index contributed by atoms with van der Waals surface area (Å²) in [6.45, 7) is 1.58. The number of para-hydroxylation sites is 1. The quantitative estimate of drug-likeness (QED) is 0.276. The van der Waals surface area contributed by atoms with Gasteiger partial charge in [0.1, 0.15) is 0 Å². The van der Waals surface area contributed by atoms with E-state index in [2.05, 4.69) is 33.2 Å². The minimum atomic E-state index is -5.20. The molecule has 3 rings (SSSR count). The van der Waals surface area contributed by atoms with Crippen molar-refractivity contribution in [3.63, 3.8) is 0 Å². The first kappa shape index (κ1) is 23.8. The van der Waals surface area contributed by atoms with Crippen molar-refractivity contribution in [2.45, 2.75) is 25.4 Å². The van der Waals surface area contributed by atoms with Gasteiger partial charge >= 0.3 is 18.1 Å². The largest absolute Gasteiger partial charge is 0.491 e. The predicted octanol–water partition coefficient (Wildman–Crippen LogP) is 4.74. The molecule has 1 N–H and O–H groups in total. The lowest BCUT2D eigenvalue weighted by molar-refractivity contribution is -0.200. The van der Waals surface area contributed by atoms with Crippen LogP contribution in [-0.4, -0.2) is 37.7 Å². The molecule has 32 heavy (non-hydrogen) atoms. The van der Waals surface area contributed by atoms with Crippen molar-refractivity contribution in [2.24, 2.45) is 0 Å². The summed E-state index contributed by atoms with van der Waals surface area (Å²) >= 11 is 6.25. The zero-order valence-electron chi connectivity index (χ0n) is 17.1. The van der Waals surface area contributed by atoms with Crippen LogP contribution in [0.15, 0.2) is 54.6 Å². The van der Waals surface area contributed by atoms with Gasteiger partial charge in [-0.1, -0.05) is 41.9 Å². The van der Waals surface area contributed by atoms with Crippen molar-refractivity contribution in [1.29, 1.82) is 0 Å². The minimum Gasteiger partial charge on any atom is -0.383 e. The fraction of sp³-hybridized carbons (Fsp3) is 0.304. The van der Waals surface area contributed by atoms with Crippen LogP contribution in [-0.2, 0) is 27.2 Å². The molecular weight excluding hydrogens is 445 g/mol. The number of carbonyl (C=O) groups is 2. The number of hydrogen-bond donors (Lipinski definition) is 1. The van der Waals surface area contributed by atoms with Crippen molar-refractivity contribution in [2.75, 3.05) is 24.5 Å². The van der Waals surface area contributed by atoms with Gasteiger partial charge in [-0.2, -0.15) is 13.2 Å². The lowest BCUT2D eigenvalue weighted by Gasteiger charge is -2.27. The molecule has 170 valence electrons. The summed E-state index contributed by atoms with van der Waals surface area (Å²) in [5.41, 5.74) is 4.72. The number of hydrogen-bond acceptors (Lipinski definition) is 5. The lowest BCUT2D eigenvalue weighted by Crippen LogP contribution is -2.27. The molecule has 0 aromatic heterocycles. The number of anilines is 2. The van der Waals surface area contributed by atoms with Gasteiger partial charge in [-0.05, 0) is 55.1 Å². The highest BCUT2D eigenvalue weighted by Crippen LogP contribution is 2.37. The van der Waals surface area contributed by atoms with Gasteiger partial charge < -0.3 is 15.0 Å². The number of fused-ring (bicyclic) bond motifs is 2. The highest BCUT2D eigenvalue weighted by molar-refractivity contribution is 6.30. The number of aryl methyl sites for hydroxylation is 2. The molecule has 0 saturated heterocycles.